The second kappa shape index (κ2) is 9.79. The number of urea groups is 1. The van der Waals surface area contributed by atoms with Gasteiger partial charge in [0, 0.05) is 39.2 Å². The van der Waals surface area contributed by atoms with Crippen LogP contribution < -0.4 is 10.1 Å². The van der Waals surface area contributed by atoms with Crippen molar-refractivity contribution in [2.24, 2.45) is 0 Å². The minimum absolute atomic E-state index is 0.166. The lowest BCUT2D eigenvalue weighted by atomic mass is 10.2. The van der Waals surface area contributed by atoms with Crippen molar-refractivity contribution in [2.75, 3.05) is 6.54 Å². The van der Waals surface area contributed by atoms with Crippen LogP contribution in [0.1, 0.15) is 22.5 Å². The van der Waals surface area contributed by atoms with Crippen molar-refractivity contribution in [3.05, 3.63) is 99.4 Å². The molecule has 1 aliphatic heterocycles. The summed E-state index contributed by atoms with van der Waals surface area (Å²) in [4.78, 5) is 25.7. The number of nitrogens with one attached hydrogen (secondary N) is 1. The average Bonchev–Trinajstić information content (AvgIpc) is 3.23. The van der Waals surface area contributed by atoms with E-state index in [4.69, 9.17) is 27.9 Å². The third-order valence-electron chi connectivity index (χ3n) is 5.55. The predicted octanol–water partition coefficient (Wildman–Crippen LogP) is 6.06. The number of rotatable bonds is 7. The van der Waals surface area contributed by atoms with E-state index in [1.807, 2.05) is 50.2 Å². The molecule has 0 bridgehead atoms. The van der Waals surface area contributed by atoms with Gasteiger partial charge in [-0.3, -0.25) is 9.69 Å². The largest absolute Gasteiger partial charge is 0.489 e. The van der Waals surface area contributed by atoms with E-state index in [-0.39, 0.29) is 18.1 Å². The van der Waals surface area contributed by atoms with E-state index in [2.05, 4.69) is 16.5 Å². The van der Waals surface area contributed by atoms with Gasteiger partial charge in [0.15, 0.2) is 0 Å². The van der Waals surface area contributed by atoms with Gasteiger partial charge < -0.3 is 14.6 Å². The lowest BCUT2D eigenvalue weighted by Crippen LogP contribution is -2.30. The van der Waals surface area contributed by atoms with E-state index in [0.717, 1.165) is 33.1 Å². The zero-order valence-corrected chi connectivity index (χ0v) is 20.3. The van der Waals surface area contributed by atoms with Crippen LogP contribution >= 0.6 is 23.2 Å². The predicted molar refractivity (Wildman–Crippen MR) is 134 cm³/mol. The van der Waals surface area contributed by atoms with Crippen LogP contribution in [0.3, 0.4) is 0 Å². The highest BCUT2D eigenvalue weighted by atomic mass is 35.5. The van der Waals surface area contributed by atoms with Crippen LogP contribution in [0.5, 0.6) is 5.75 Å². The maximum absolute atomic E-state index is 12.5. The first kappa shape index (κ1) is 23.7. The van der Waals surface area contributed by atoms with Crippen molar-refractivity contribution < 1.29 is 14.3 Å². The first-order valence-corrected chi connectivity index (χ1v) is 11.4. The summed E-state index contributed by atoms with van der Waals surface area (Å²) in [5.74, 6) is 0.346. The Morgan fingerprint density at radius 2 is 1.79 bits per heavy atom. The van der Waals surface area contributed by atoms with Gasteiger partial charge in [-0.15, -0.1) is 6.58 Å². The Labute approximate surface area is 208 Å². The zero-order chi connectivity index (χ0) is 24.4. The SMILES string of the molecule is C=CCN1C(=O)N/C(=C/c2cc(C)n(-c3ccc(OCc4ccc(Cl)cc4Cl)cc3)c2C)C1=O. The molecule has 2 heterocycles. The molecule has 1 N–H and O–H groups in total. The lowest BCUT2D eigenvalue weighted by molar-refractivity contribution is -0.122. The number of nitrogens with zero attached hydrogens (tertiary/aromatic N) is 2. The van der Waals surface area contributed by atoms with Gasteiger partial charge in [-0.05, 0) is 68.0 Å². The van der Waals surface area contributed by atoms with Gasteiger partial charge in [-0.25, -0.2) is 4.79 Å². The summed E-state index contributed by atoms with van der Waals surface area (Å²) in [7, 11) is 0. The number of ether oxygens (including phenoxy) is 1. The quantitative estimate of drug-likeness (QED) is 0.246. The molecule has 34 heavy (non-hydrogen) atoms. The van der Waals surface area contributed by atoms with Crippen LogP contribution in [-0.4, -0.2) is 28.0 Å². The van der Waals surface area contributed by atoms with Crippen molar-refractivity contribution >= 4 is 41.2 Å². The van der Waals surface area contributed by atoms with Gasteiger partial charge in [0.2, 0.25) is 0 Å². The molecule has 4 rings (SSSR count). The van der Waals surface area contributed by atoms with E-state index in [9.17, 15) is 9.59 Å². The molecule has 0 aliphatic carbocycles. The number of aryl methyl sites for hydroxylation is 1. The molecule has 1 saturated heterocycles. The molecule has 0 saturated carbocycles. The monoisotopic (exact) mass is 495 g/mol. The zero-order valence-electron chi connectivity index (χ0n) is 18.8. The summed E-state index contributed by atoms with van der Waals surface area (Å²) in [6.07, 6.45) is 3.22. The fourth-order valence-corrected chi connectivity index (χ4v) is 4.31. The molecule has 1 aromatic heterocycles. The normalized spacial score (nSPS) is 14.6. The Morgan fingerprint density at radius 1 is 1.06 bits per heavy atom. The van der Waals surface area contributed by atoms with Gasteiger partial charge in [-0.1, -0.05) is 35.3 Å². The molecule has 3 amide bonds. The minimum Gasteiger partial charge on any atom is -0.489 e. The van der Waals surface area contributed by atoms with Gasteiger partial charge >= 0.3 is 6.03 Å². The molecule has 3 aromatic rings. The number of amides is 3. The first-order valence-electron chi connectivity index (χ1n) is 10.6. The molecule has 1 fully saturated rings. The van der Waals surface area contributed by atoms with E-state index >= 15 is 0 Å². The number of benzene rings is 2. The standard InChI is InChI=1S/C26H23Cl2N3O3/c1-4-11-30-25(32)24(29-26(30)33)13-19-12-16(2)31(17(19)3)21-7-9-22(10-8-21)34-15-18-5-6-20(27)14-23(18)28/h4-10,12-14H,1,11,15H2,2-3H3,(H,29,33)/b24-13+. The molecule has 0 spiro atoms. The minimum atomic E-state index is -0.444. The molecule has 174 valence electrons. The van der Waals surface area contributed by atoms with Crippen LogP contribution in [0.2, 0.25) is 10.0 Å². The van der Waals surface area contributed by atoms with Crippen molar-refractivity contribution in [1.29, 1.82) is 0 Å². The smallest absolute Gasteiger partial charge is 0.329 e. The van der Waals surface area contributed by atoms with Gasteiger partial charge in [-0.2, -0.15) is 0 Å². The molecule has 6 nitrogen and oxygen atoms in total. The number of carbonyl (C=O) groups is 2. The number of hydrogen-bond acceptors (Lipinski definition) is 3. The molecule has 8 heteroatoms. The van der Waals surface area contributed by atoms with Crippen molar-refractivity contribution in [3.63, 3.8) is 0 Å². The summed E-state index contributed by atoms with van der Waals surface area (Å²) >= 11 is 12.2. The van der Waals surface area contributed by atoms with Crippen LogP contribution in [0, 0.1) is 13.8 Å². The number of carbonyl (C=O) groups excluding carboxylic acids is 2. The van der Waals surface area contributed by atoms with Crippen molar-refractivity contribution in [1.82, 2.24) is 14.8 Å². The Hall–Kier alpha value is -3.48. The Kier molecular flexibility index (Phi) is 6.82. The summed E-state index contributed by atoms with van der Waals surface area (Å²) < 4.78 is 7.95. The fraction of sp³-hybridized carbons (Fsp3) is 0.154. The molecule has 0 unspecified atom stereocenters. The Morgan fingerprint density at radius 3 is 2.47 bits per heavy atom. The third kappa shape index (κ3) is 4.74. The van der Waals surface area contributed by atoms with E-state index in [0.29, 0.717) is 22.4 Å². The van der Waals surface area contributed by atoms with Gasteiger partial charge in [0.25, 0.3) is 5.91 Å². The van der Waals surface area contributed by atoms with Crippen molar-refractivity contribution in [2.45, 2.75) is 20.5 Å². The van der Waals surface area contributed by atoms with Crippen LogP contribution in [-0.2, 0) is 11.4 Å². The van der Waals surface area contributed by atoms with Crippen LogP contribution in [0.25, 0.3) is 11.8 Å². The molecular formula is C26H23Cl2N3O3. The van der Waals surface area contributed by atoms with Gasteiger partial charge in [0.1, 0.15) is 18.1 Å². The molecule has 1 aliphatic rings. The highest BCUT2D eigenvalue weighted by Crippen LogP contribution is 2.26. The van der Waals surface area contributed by atoms with E-state index in [1.54, 1.807) is 18.2 Å². The van der Waals surface area contributed by atoms with Gasteiger partial charge in [0.05, 0.1) is 0 Å². The number of halogens is 2. The summed E-state index contributed by atoms with van der Waals surface area (Å²) in [5, 5.41) is 3.78. The highest BCUT2D eigenvalue weighted by molar-refractivity contribution is 6.35. The topological polar surface area (TPSA) is 63.6 Å². The molecule has 0 atom stereocenters. The fourth-order valence-electron chi connectivity index (χ4n) is 3.84. The number of imide groups is 1. The maximum atomic E-state index is 12.5. The molecular weight excluding hydrogens is 473 g/mol. The average molecular weight is 496 g/mol. The van der Waals surface area contributed by atoms with E-state index in [1.165, 1.54) is 6.08 Å². The van der Waals surface area contributed by atoms with Crippen LogP contribution in [0.4, 0.5) is 4.79 Å². The second-order valence-corrected chi connectivity index (χ2v) is 8.72. The highest BCUT2D eigenvalue weighted by Gasteiger charge is 2.32. The summed E-state index contributed by atoms with van der Waals surface area (Å²) in [6, 6.07) is 14.6. The summed E-state index contributed by atoms with van der Waals surface area (Å²) in [5.41, 5.74) is 4.83. The molecule has 2 aromatic carbocycles. The van der Waals surface area contributed by atoms with E-state index < -0.39 is 6.03 Å². The Balaban J connectivity index is 1.52. The van der Waals surface area contributed by atoms with Crippen molar-refractivity contribution in [3.8, 4) is 11.4 Å². The first-order chi connectivity index (χ1) is 16.3. The Bertz CT molecular complexity index is 1310. The second-order valence-electron chi connectivity index (χ2n) is 7.87. The lowest BCUT2D eigenvalue weighted by Gasteiger charge is -2.12. The maximum Gasteiger partial charge on any atom is 0.329 e. The third-order valence-corrected chi connectivity index (χ3v) is 6.14. The number of hydrogen-bond donors (Lipinski definition) is 1. The van der Waals surface area contributed by atoms with Crippen LogP contribution in [0.15, 0.2) is 66.9 Å². The summed E-state index contributed by atoms with van der Waals surface area (Å²) in [6.45, 7) is 8.04. The number of aromatic nitrogens is 1. The molecule has 0 radical (unpaired) electrons.